The van der Waals surface area contributed by atoms with Crippen LogP contribution in [0.4, 0.5) is 0 Å². The van der Waals surface area contributed by atoms with E-state index in [2.05, 4.69) is 36.6 Å². The molecular formula is C10H13Br2NO3S. The summed E-state index contributed by atoms with van der Waals surface area (Å²) < 4.78 is 27.5. The third-order valence-corrected chi connectivity index (χ3v) is 4.77. The lowest BCUT2D eigenvalue weighted by atomic mass is 10.1. The van der Waals surface area contributed by atoms with Crippen LogP contribution in [0.25, 0.3) is 0 Å². The fourth-order valence-electron chi connectivity index (χ4n) is 1.03. The van der Waals surface area contributed by atoms with Gasteiger partial charge in [-0.3, -0.25) is 0 Å². The summed E-state index contributed by atoms with van der Waals surface area (Å²) in [7, 11) is -3.63. The smallest absolute Gasteiger partial charge is 0.241 e. The summed E-state index contributed by atoms with van der Waals surface area (Å²) in [5, 5.41) is 9.50. The van der Waals surface area contributed by atoms with Gasteiger partial charge in [-0.25, -0.2) is 13.1 Å². The van der Waals surface area contributed by atoms with Gasteiger partial charge in [0, 0.05) is 15.5 Å². The van der Waals surface area contributed by atoms with Gasteiger partial charge in [0.25, 0.3) is 0 Å². The van der Waals surface area contributed by atoms with Gasteiger partial charge in [0.05, 0.1) is 10.5 Å². The Hall–Kier alpha value is 0.0500. The highest BCUT2D eigenvalue weighted by Gasteiger charge is 2.21. The Bertz CT molecular complexity index is 509. The number of rotatable bonds is 4. The second-order valence-corrected chi connectivity index (χ2v) is 7.72. The Labute approximate surface area is 118 Å². The maximum absolute atomic E-state index is 12.0. The molecule has 0 saturated heterocycles. The first kappa shape index (κ1) is 15.1. The molecule has 7 heteroatoms. The number of halogens is 2. The van der Waals surface area contributed by atoms with Gasteiger partial charge in [0.1, 0.15) is 0 Å². The largest absolute Gasteiger partial charge is 0.389 e. The molecule has 0 aliphatic carbocycles. The van der Waals surface area contributed by atoms with Gasteiger partial charge in [-0.2, -0.15) is 0 Å². The molecule has 0 heterocycles. The molecule has 0 aliphatic heterocycles. The number of aliphatic hydroxyl groups is 1. The fourth-order valence-corrected chi connectivity index (χ4v) is 3.74. The average molecular weight is 387 g/mol. The minimum atomic E-state index is -3.63. The maximum Gasteiger partial charge on any atom is 0.241 e. The van der Waals surface area contributed by atoms with Crippen molar-refractivity contribution >= 4 is 41.9 Å². The second kappa shape index (κ2) is 5.36. The van der Waals surface area contributed by atoms with Gasteiger partial charge in [0.15, 0.2) is 0 Å². The van der Waals surface area contributed by atoms with Crippen molar-refractivity contribution in [2.45, 2.75) is 24.3 Å². The number of benzene rings is 1. The van der Waals surface area contributed by atoms with E-state index >= 15 is 0 Å². The summed E-state index contributed by atoms with van der Waals surface area (Å²) in [6.07, 6.45) is 0. The van der Waals surface area contributed by atoms with Crippen LogP contribution in [0.3, 0.4) is 0 Å². The molecule has 17 heavy (non-hydrogen) atoms. The number of sulfonamides is 1. The molecular weight excluding hydrogens is 374 g/mol. The highest BCUT2D eigenvalue weighted by Crippen LogP contribution is 2.25. The van der Waals surface area contributed by atoms with E-state index in [1.165, 1.54) is 19.9 Å². The monoisotopic (exact) mass is 385 g/mol. The van der Waals surface area contributed by atoms with Crippen molar-refractivity contribution in [2.75, 3.05) is 6.54 Å². The third-order valence-electron chi connectivity index (χ3n) is 1.88. The van der Waals surface area contributed by atoms with E-state index in [9.17, 15) is 13.5 Å². The van der Waals surface area contributed by atoms with E-state index in [-0.39, 0.29) is 11.4 Å². The quantitative estimate of drug-likeness (QED) is 0.833. The van der Waals surface area contributed by atoms with Crippen molar-refractivity contribution in [2.24, 2.45) is 0 Å². The lowest BCUT2D eigenvalue weighted by Gasteiger charge is -2.18. The average Bonchev–Trinajstić information content (AvgIpc) is 2.18. The zero-order valence-corrected chi connectivity index (χ0v) is 13.4. The van der Waals surface area contributed by atoms with Crippen LogP contribution in [0.2, 0.25) is 0 Å². The summed E-state index contributed by atoms with van der Waals surface area (Å²) in [5.41, 5.74) is -1.09. The molecule has 0 radical (unpaired) electrons. The van der Waals surface area contributed by atoms with Crippen LogP contribution in [0.15, 0.2) is 32.0 Å². The van der Waals surface area contributed by atoms with Gasteiger partial charge in [-0.1, -0.05) is 15.9 Å². The fraction of sp³-hybridized carbons (Fsp3) is 0.400. The van der Waals surface area contributed by atoms with Crippen molar-refractivity contribution < 1.29 is 13.5 Å². The molecule has 0 saturated carbocycles. The third kappa shape index (κ3) is 4.67. The molecule has 0 spiro atoms. The van der Waals surface area contributed by atoms with Crippen molar-refractivity contribution in [1.29, 1.82) is 0 Å². The predicted molar refractivity (Wildman–Crippen MR) is 73.3 cm³/mol. The van der Waals surface area contributed by atoms with Crippen LogP contribution in [-0.4, -0.2) is 25.7 Å². The maximum atomic E-state index is 12.0. The molecule has 0 aromatic heterocycles. The lowest BCUT2D eigenvalue weighted by Crippen LogP contribution is -2.38. The van der Waals surface area contributed by atoms with Gasteiger partial charge in [-0.15, -0.1) is 0 Å². The zero-order chi connectivity index (χ0) is 13.3. The Kier molecular flexibility index (Phi) is 4.76. The Morgan fingerprint density at radius 1 is 1.35 bits per heavy atom. The number of hydrogen-bond donors (Lipinski definition) is 2. The lowest BCUT2D eigenvalue weighted by molar-refractivity contribution is 0.0857. The summed E-state index contributed by atoms with van der Waals surface area (Å²) in [5.74, 6) is 0. The first-order chi connectivity index (χ1) is 7.62. The standard InChI is InChI=1S/C10H13Br2NO3S/c1-10(2,14)6-13-17(15,16)9-5-7(11)3-4-8(9)12/h3-5,13-14H,6H2,1-2H3. The second-order valence-electron chi connectivity index (χ2n) is 4.21. The molecule has 0 fully saturated rings. The van der Waals surface area contributed by atoms with E-state index in [0.29, 0.717) is 8.95 Å². The van der Waals surface area contributed by atoms with Gasteiger partial charge in [0.2, 0.25) is 10.0 Å². The van der Waals surface area contributed by atoms with E-state index in [1.807, 2.05) is 0 Å². The molecule has 0 aliphatic rings. The summed E-state index contributed by atoms with van der Waals surface area (Å²) in [6, 6.07) is 4.87. The van der Waals surface area contributed by atoms with Crippen molar-refractivity contribution in [3.8, 4) is 0 Å². The highest BCUT2D eigenvalue weighted by molar-refractivity contribution is 9.11. The predicted octanol–water partition coefficient (Wildman–Crippen LogP) is 2.26. The molecule has 96 valence electrons. The number of nitrogens with one attached hydrogen (secondary N) is 1. The van der Waals surface area contributed by atoms with Crippen LogP contribution < -0.4 is 4.72 Å². The normalized spacial score (nSPS) is 12.8. The van der Waals surface area contributed by atoms with Crippen LogP contribution in [0.5, 0.6) is 0 Å². The van der Waals surface area contributed by atoms with Crippen LogP contribution >= 0.6 is 31.9 Å². The summed E-state index contributed by atoms with van der Waals surface area (Å²) >= 11 is 6.40. The Balaban J connectivity index is 3.02. The topological polar surface area (TPSA) is 66.4 Å². The van der Waals surface area contributed by atoms with E-state index in [0.717, 1.165) is 0 Å². The van der Waals surface area contributed by atoms with Gasteiger partial charge >= 0.3 is 0 Å². The molecule has 1 rings (SSSR count). The van der Waals surface area contributed by atoms with E-state index in [1.54, 1.807) is 12.1 Å². The van der Waals surface area contributed by atoms with Crippen LogP contribution in [-0.2, 0) is 10.0 Å². The van der Waals surface area contributed by atoms with E-state index in [4.69, 9.17) is 0 Å². The molecule has 2 N–H and O–H groups in total. The Morgan fingerprint density at radius 2 is 1.94 bits per heavy atom. The molecule has 0 bridgehead atoms. The van der Waals surface area contributed by atoms with Crippen LogP contribution in [0, 0.1) is 0 Å². The van der Waals surface area contributed by atoms with Crippen LogP contribution in [0.1, 0.15) is 13.8 Å². The zero-order valence-electron chi connectivity index (χ0n) is 9.37. The van der Waals surface area contributed by atoms with E-state index < -0.39 is 15.6 Å². The van der Waals surface area contributed by atoms with Crippen molar-refractivity contribution in [3.63, 3.8) is 0 Å². The Morgan fingerprint density at radius 3 is 2.47 bits per heavy atom. The molecule has 1 aromatic rings. The van der Waals surface area contributed by atoms with Gasteiger partial charge < -0.3 is 5.11 Å². The summed E-state index contributed by atoms with van der Waals surface area (Å²) in [4.78, 5) is 0.135. The molecule has 0 unspecified atom stereocenters. The summed E-state index contributed by atoms with van der Waals surface area (Å²) in [6.45, 7) is 3.02. The minimum absolute atomic E-state index is 0.0473. The first-order valence-corrected chi connectivity index (χ1v) is 7.86. The molecule has 0 amide bonds. The van der Waals surface area contributed by atoms with Gasteiger partial charge in [-0.05, 0) is 48.0 Å². The minimum Gasteiger partial charge on any atom is -0.389 e. The molecule has 0 atom stereocenters. The SMILES string of the molecule is CC(C)(O)CNS(=O)(=O)c1cc(Br)ccc1Br. The first-order valence-electron chi connectivity index (χ1n) is 4.79. The van der Waals surface area contributed by atoms with Crippen molar-refractivity contribution in [3.05, 3.63) is 27.1 Å². The van der Waals surface area contributed by atoms with Crippen molar-refractivity contribution in [1.82, 2.24) is 4.72 Å². The highest BCUT2D eigenvalue weighted by atomic mass is 79.9. The molecule has 4 nitrogen and oxygen atoms in total. The number of hydrogen-bond acceptors (Lipinski definition) is 3. The molecule has 1 aromatic carbocycles.